The lowest BCUT2D eigenvalue weighted by Crippen LogP contribution is -1.88. The van der Waals surface area contributed by atoms with Gasteiger partial charge >= 0.3 is 0 Å². The summed E-state index contributed by atoms with van der Waals surface area (Å²) in [4.78, 5) is 0. The van der Waals surface area contributed by atoms with E-state index in [1.807, 2.05) is 36.4 Å². The zero-order valence-electron chi connectivity index (χ0n) is 9.57. The first-order valence-electron chi connectivity index (χ1n) is 5.63. The molecule has 0 unspecified atom stereocenters. The summed E-state index contributed by atoms with van der Waals surface area (Å²) in [6.45, 7) is 2.12. The number of aryl methyl sites for hydroxylation is 1. The van der Waals surface area contributed by atoms with Crippen molar-refractivity contribution in [1.82, 2.24) is 0 Å². The van der Waals surface area contributed by atoms with E-state index in [4.69, 9.17) is 0 Å². The van der Waals surface area contributed by atoms with Gasteiger partial charge in [-0.15, -0.1) is 0 Å². The maximum atomic E-state index is 9.37. The van der Waals surface area contributed by atoms with E-state index in [9.17, 15) is 5.26 Å². The lowest BCUT2D eigenvalue weighted by atomic mass is 9.93. The molecule has 0 radical (unpaired) electrons. The Bertz CT molecular complexity index is 706. The molecule has 0 aromatic heterocycles. The average molecular weight is 217 g/mol. The summed E-state index contributed by atoms with van der Waals surface area (Å²) >= 11 is 0. The predicted molar refractivity (Wildman–Crippen MR) is 70.9 cm³/mol. The van der Waals surface area contributed by atoms with Crippen LogP contribution >= 0.6 is 0 Å². The van der Waals surface area contributed by atoms with E-state index in [0.717, 1.165) is 16.3 Å². The molecule has 0 aliphatic heterocycles. The molecular formula is C16H11N. The molecule has 3 aromatic rings. The van der Waals surface area contributed by atoms with Crippen LogP contribution in [0.2, 0.25) is 0 Å². The van der Waals surface area contributed by atoms with Crippen molar-refractivity contribution < 1.29 is 0 Å². The highest BCUT2D eigenvalue weighted by atomic mass is 14.3. The van der Waals surface area contributed by atoms with Crippen LogP contribution in [0, 0.1) is 18.3 Å². The van der Waals surface area contributed by atoms with Crippen molar-refractivity contribution in [2.24, 2.45) is 0 Å². The van der Waals surface area contributed by atoms with Crippen molar-refractivity contribution in [1.29, 1.82) is 5.26 Å². The van der Waals surface area contributed by atoms with Crippen LogP contribution in [0.1, 0.15) is 11.1 Å². The van der Waals surface area contributed by atoms with Crippen LogP contribution < -0.4 is 0 Å². The second kappa shape index (κ2) is 3.61. The van der Waals surface area contributed by atoms with Crippen LogP contribution in [-0.4, -0.2) is 0 Å². The molecule has 0 atom stereocenters. The smallest absolute Gasteiger partial charge is 0.100 e. The Balaban J connectivity index is 2.70. The number of hydrogen-bond acceptors (Lipinski definition) is 1. The van der Waals surface area contributed by atoms with Gasteiger partial charge < -0.3 is 0 Å². The Kier molecular flexibility index (Phi) is 2.09. The highest BCUT2D eigenvalue weighted by Gasteiger charge is 2.09. The second-order valence-corrected chi connectivity index (χ2v) is 4.20. The summed E-state index contributed by atoms with van der Waals surface area (Å²) in [5, 5.41) is 13.8. The molecular weight excluding hydrogens is 206 g/mol. The molecule has 3 rings (SSSR count). The topological polar surface area (TPSA) is 23.8 Å². The van der Waals surface area contributed by atoms with Gasteiger partial charge in [0.25, 0.3) is 0 Å². The Morgan fingerprint density at radius 1 is 0.765 bits per heavy atom. The van der Waals surface area contributed by atoms with Gasteiger partial charge in [0.15, 0.2) is 0 Å². The standard InChI is InChI=1S/C16H11N/c1-11-12-6-2-4-8-14(12)16(10-17)15-9-5-3-7-13(11)15/h2-9H,1H3. The summed E-state index contributed by atoms with van der Waals surface area (Å²) < 4.78 is 0. The minimum Gasteiger partial charge on any atom is -0.192 e. The molecule has 0 aliphatic rings. The summed E-state index contributed by atoms with van der Waals surface area (Å²) in [5.41, 5.74) is 2.03. The van der Waals surface area contributed by atoms with Crippen LogP contribution in [0.4, 0.5) is 0 Å². The molecule has 0 saturated heterocycles. The van der Waals surface area contributed by atoms with Crippen LogP contribution in [0.3, 0.4) is 0 Å². The van der Waals surface area contributed by atoms with Crippen molar-refractivity contribution in [2.75, 3.05) is 0 Å². The van der Waals surface area contributed by atoms with Gasteiger partial charge in [-0.25, -0.2) is 0 Å². The first kappa shape index (κ1) is 9.86. The van der Waals surface area contributed by atoms with Crippen molar-refractivity contribution in [2.45, 2.75) is 6.92 Å². The molecule has 1 nitrogen and oxygen atoms in total. The molecule has 0 amide bonds. The molecule has 0 saturated carbocycles. The van der Waals surface area contributed by atoms with E-state index >= 15 is 0 Å². The van der Waals surface area contributed by atoms with Gasteiger partial charge in [0.2, 0.25) is 0 Å². The summed E-state index contributed by atoms with van der Waals surface area (Å²) in [6, 6.07) is 18.6. The Morgan fingerprint density at radius 2 is 1.18 bits per heavy atom. The summed E-state index contributed by atoms with van der Waals surface area (Å²) in [6.07, 6.45) is 0. The lowest BCUT2D eigenvalue weighted by molar-refractivity contribution is 1.50. The molecule has 3 aromatic carbocycles. The highest BCUT2D eigenvalue weighted by molar-refractivity contribution is 6.07. The van der Waals surface area contributed by atoms with Crippen LogP contribution in [-0.2, 0) is 0 Å². The number of hydrogen-bond donors (Lipinski definition) is 0. The summed E-state index contributed by atoms with van der Waals surface area (Å²) in [7, 11) is 0. The quantitative estimate of drug-likeness (QED) is 0.518. The monoisotopic (exact) mass is 217 g/mol. The van der Waals surface area contributed by atoms with E-state index < -0.39 is 0 Å². The fourth-order valence-corrected chi connectivity index (χ4v) is 2.47. The largest absolute Gasteiger partial charge is 0.192 e. The summed E-state index contributed by atoms with van der Waals surface area (Å²) in [5.74, 6) is 0. The third kappa shape index (κ3) is 1.31. The molecule has 0 bridgehead atoms. The maximum absolute atomic E-state index is 9.37. The zero-order valence-corrected chi connectivity index (χ0v) is 9.57. The van der Waals surface area contributed by atoms with Crippen molar-refractivity contribution in [3.8, 4) is 6.07 Å². The number of nitriles is 1. The second-order valence-electron chi connectivity index (χ2n) is 4.20. The van der Waals surface area contributed by atoms with Gasteiger partial charge in [0, 0.05) is 10.8 Å². The van der Waals surface area contributed by atoms with Gasteiger partial charge in [0.05, 0.1) is 5.56 Å². The van der Waals surface area contributed by atoms with Crippen molar-refractivity contribution >= 4 is 21.5 Å². The van der Waals surface area contributed by atoms with E-state index in [1.54, 1.807) is 0 Å². The Morgan fingerprint density at radius 3 is 1.59 bits per heavy atom. The average Bonchev–Trinajstić information content (AvgIpc) is 2.40. The third-order valence-electron chi connectivity index (χ3n) is 3.31. The van der Waals surface area contributed by atoms with Gasteiger partial charge in [-0.3, -0.25) is 0 Å². The number of nitrogens with zero attached hydrogens (tertiary/aromatic N) is 1. The minimum atomic E-state index is 0.779. The maximum Gasteiger partial charge on any atom is 0.100 e. The fraction of sp³-hybridized carbons (Fsp3) is 0.0625. The zero-order chi connectivity index (χ0) is 11.8. The van der Waals surface area contributed by atoms with Gasteiger partial charge in [0.1, 0.15) is 6.07 Å². The van der Waals surface area contributed by atoms with Crippen LogP contribution in [0.15, 0.2) is 48.5 Å². The van der Waals surface area contributed by atoms with Crippen LogP contribution in [0.5, 0.6) is 0 Å². The number of rotatable bonds is 0. The number of fused-ring (bicyclic) bond motifs is 2. The van der Waals surface area contributed by atoms with Crippen molar-refractivity contribution in [3.05, 3.63) is 59.7 Å². The first-order chi connectivity index (χ1) is 8.33. The van der Waals surface area contributed by atoms with Gasteiger partial charge in [-0.05, 0) is 23.3 Å². The molecule has 1 heteroatoms. The Hall–Kier alpha value is -2.33. The Labute approximate surface area is 99.9 Å². The van der Waals surface area contributed by atoms with Crippen LogP contribution in [0.25, 0.3) is 21.5 Å². The minimum absolute atomic E-state index is 0.779. The molecule has 0 heterocycles. The molecule has 80 valence electrons. The molecule has 0 fully saturated rings. The van der Waals surface area contributed by atoms with E-state index in [1.165, 1.54) is 16.3 Å². The molecule has 0 spiro atoms. The highest BCUT2D eigenvalue weighted by Crippen LogP contribution is 2.31. The first-order valence-corrected chi connectivity index (χ1v) is 5.63. The van der Waals surface area contributed by atoms with E-state index in [-0.39, 0.29) is 0 Å². The van der Waals surface area contributed by atoms with Gasteiger partial charge in [-0.2, -0.15) is 5.26 Å². The molecule has 17 heavy (non-hydrogen) atoms. The third-order valence-corrected chi connectivity index (χ3v) is 3.31. The molecule has 0 N–H and O–H groups in total. The SMILES string of the molecule is Cc1c2ccccc2c(C#N)c2ccccc12. The fourth-order valence-electron chi connectivity index (χ4n) is 2.47. The predicted octanol–water partition coefficient (Wildman–Crippen LogP) is 4.17. The van der Waals surface area contributed by atoms with E-state index in [0.29, 0.717) is 0 Å². The molecule has 0 aliphatic carbocycles. The number of benzene rings is 3. The van der Waals surface area contributed by atoms with Crippen molar-refractivity contribution in [3.63, 3.8) is 0 Å². The van der Waals surface area contributed by atoms with E-state index in [2.05, 4.69) is 25.1 Å². The van der Waals surface area contributed by atoms with Gasteiger partial charge in [-0.1, -0.05) is 48.5 Å². The lowest BCUT2D eigenvalue weighted by Gasteiger charge is -2.09. The normalized spacial score (nSPS) is 10.6.